The molecule has 1 aromatic rings. The van der Waals surface area contributed by atoms with Crippen molar-refractivity contribution in [1.29, 1.82) is 0 Å². The van der Waals surface area contributed by atoms with Gasteiger partial charge in [-0.2, -0.15) is 0 Å². The van der Waals surface area contributed by atoms with Gasteiger partial charge in [-0.25, -0.2) is 0 Å². The molecule has 1 unspecified atom stereocenters. The zero-order valence-electron chi connectivity index (χ0n) is 13.4. The second-order valence-electron chi connectivity index (χ2n) is 6.05. The standard InChI is InChI=1S/C17H27N3S/c1-14(2)16-12-19-17(21-16)18-10-7-11-20(3)13-15-8-5-4-6-9-15/h4-6,8-9,14,16H,7,10-13H2,1-3H3,(H,18,19). The lowest BCUT2D eigenvalue weighted by molar-refractivity contribution is 0.322. The number of thioether (sulfide) groups is 1. The van der Waals surface area contributed by atoms with E-state index in [0.29, 0.717) is 11.2 Å². The summed E-state index contributed by atoms with van der Waals surface area (Å²) in [6.07, 6.45) is 1.15. The number of aliphatic imine (C=N–C) groups is 1. The first-order valence-electron chi connectivity index (χ1n) is 7.82. The molecule has 2 rings (SSSR count). The summed E-state index contributed by atoms with van der Waals surface area (Å²) < 4.78 is 0. The minimum Gasteiger partial charge on any atom is -0.365 e. The Morgan fingerprint density at radius 1 is 1.33 bits per heavy atom. The van der Waals surface area contributed by atoms with Crippen LogP contribution in [0.2, 0.25) is 0 Å². The van der Waals surface area contributed by atoms with Crippen LogP contribution >= 0.6 is 11.8 Å². The van der Waals surface area contributed by atoms with E-state index >= 15 is 0 Å². The summed E-state index contributed by atoms with van der Waals surface area (Å²) in [5, 5.41) is 5.27. The van der Waals surface area contributed by atoms with Gasteiger partial charge in [0.2, 0.25) is 0 Å². The van der Waals surface area contributed by atoms with Crippen LogP contribution in [0.4, 0.5) is 0 Å². The molecule has 0 saturated heterocycles. The third-order valence-corrected chi connectivity index (χ3v) is 5.20. The summed E-state index contributed by atoms with van der Waals surface area (Å²) >= 11 is 1.91. The van der Waals surface area contributed by atoms with Crippen LogP contribution in [-0.4, -0.2) is 42.0 Å². The number of amidine groups is 1. The molecule has 0 aliphatic carbocycles. The fourth-order valence-electron chi connectivity index (χ4n) is 2.35. The fourth-order valence-corrected chi connectivity index (χ4v) is 3.40. The van der Waals surface area contributed by atoms with Gasteiger partial charge in [0.05, 0.1) is 6.54 Å². The smallest absolute Gasteiger partial charge is 0.156 e. The lowest BCUT2D eigenvalue weighted by Crippen LogP contribution is -2.26. The Hall–Kier alpha value is -1.00. The molecule has 0 saturated carbocycles. The van der Waals surface area contributed by atoms with Gasteiger partial charge in [-0.15, -0.1) is 0 Å². The van der Waals surface area contributed by atoms with Gasteiger partial charge in [0.1, 0.15) is 0 Å². The number of nitrogens with one attached hydrogen (secondary N) is 1. The minimum absolute atomic E-state index is 0.660. The second-order valence-corrected chi connectivity index (χ2v) is 7.28. The molecule has 1 aromatic carbocycles. The Morgan fingerprint density at radius 3 is 2.76 bits per heavy atom. The van der Waals surface area contributed by atoms with Crippen molar-refractivity contribution in [2.24, 2.45) is 10.9 Å². The molecule has 1 aliphatic rings. The van der Waals surface area contributed by atoms with Gasteiger partial charge in [-0.05, 0) is 31.5 Å². The molecule has 4 heteroatoms. The summed E-state index contributed by atoms with van der Waals surface area (Å²) in [5.74, 6) is 0.704. The lowest BCUT2D eigenvalue weighted by atomic mass is 10.1. The minimum atomic E-state index is 0.660. The molecule has 1 atom stereocenters. The number of nitrogens with zero attached hydrogens (tertiary/aromatic N) is 2. The van der Waals surface area contributed by atoms with Crippen LogP contribution < -0.4 is 5.32 Å². The fraction of sp³-hybridized carbons (Fsp3) is 0.588. The number of hydrogen-bond donors (Lipinski definition) is 1. The van der Waals surface area contributed by atoms with Gasteiger partial charge >= 0.3 is 0 Å². The van der Waals surface area contributed by atoms with Gasteiger partial charge in [0.15, 0.2) is 5.17 Å². The topological polar surface area (TPSA) is 27.6 Å². The van der Waals surface area contributed by atoms with Crippen molar-refractivity contribution in [3.05, 3.63) is 35.9 Å². The molecule has 0 amide bonds. The zero-order chi connectivity index (χ0) is 15.1. The van der Waals surface area contributed by atoms with Crippen molar-refractivity contribution in [2.45, 2.75) is 32.1 Å². The Bertz CT molecular complexity index is 445. The highest BCUT2D eigenvalue weighted by molar-refractivity contribution is 8.14. The van der Waals surface area contributed by atoms with E-state index < -0.39 is 0 Å². The van der Waals surface area contributed by atoms with Crippen molar-refractivity contribution in [1.82, 2.24) is 10.2 Å². The Morgan fingerprint density at radius 2 is 2.10 bits per heavy atom. The molecule has 0 radical (unpaired) electrons. The second kappa shape index (κ2) is 8.44. The average molecular weight is 305 g/mol. The molecule has 3 nitrogen and oxygen atoms in total. The Balaban J connectivity index is 1.58. The Labute approximate surface area is 133 Å². The van der Waals surface area contributed by atoms with E-state index in [1.54, 1.807) is 0 Å². The normalized spacial score (nSPS) is 18.3. The largest absolute Gasteiger partial charge is 0.365 e. The molecule has 0 fully saturated rings. The third kappa shape index (κ3) is 5.71. The first-order valence-corrected chi connectivity index (χ1v) is 8.70. The van der Waals surface area contributed by atoms with Crippen molar-refractivity contribution >= 4 is 16.9 Å². The maximum Gasteiger partial charge on any atom is 0.156 e. The molecular formula is C17H27N3S. The van der Waals surface area contributed by atoms with Crippen molar-refractivity contribution in [2.75, 3.05) is 26.7 Å². The number of rotatable bonds is 7. The number of hydrogen-bond acceptors (Lipinski definition) is 4. The first kappa shape index (κ1) is 16.4. The summed E-state index contributed by atoms with van der Waals surface area (Å²) in [5.41, 5.74) is 1.38. The van der Waals surface area contributed by atoms with Gasteiger partial charge in [0.25, 0.3) is 0 Å². The molecular weight excluding hydrogens is 278 g/mol. The van der Waals surface area contributed by atoms with E-state index in [9.17, 15) is 0 Å². The maximum atomic E-state index is 4.58. The van der Waals surface area contributed by atoms with Crippen molar-refractivity contribution in [3.63, 3.8) is 0 Å². The summed E-state index contributed by atoms with van der Waals surface area (Å²) in [6, 6.07) is 10.6. The van der Waals surface area contributed by atoms with Gasteiger partial charge in [-0.3, -0.25) is 4.99 Å². The van der Waals surface area contributed by atoms with Gasteiger partial charge < -0.3 is 10.2 Å². The van der Waals surface area contributed by atoms with Crippen LogP contribution in [-0.2, 0) is 6.54 Å². The summed E-state index contributed by atoms with van der Waals surface area (Å²) in [4.78, 5) is 6.95. The van der Waals surface area contributed by atoms with Crippen LogP contribution in [0.25, 0.3) is 0 Å². The quantitative estimate of drug-likeness (QED) is 0.784. The lowest BCUT2D eigenvalue weighted by Gasteiger charge is -2.17. The number of benzene rings is 1. The molecule has 0 spiro atoms. The van der Waals surface area contributed by atoms with Crippen LogP contribution in [0.3, 0.4) is 0 Å². The first-order chi connectivity index (χ1) is 10.1. The van der Waals surface area contributed by atoms with Crippen molar-refractivity contribution < 1.29 is 0 Å². The third-order valence-electron chi connectivity index (χ3n) is 3.71. The van der Waals surface area contributed by atoms with Crippen molar-refractivity contribution in [3.8, 4) is 0 Å². The molecule has 21 heavy (non-hydrogen) atoms. The van der Waals surface area contributed by atoms with E-state index in [1.165, 1.54) is 5.56 Å². The molecule has 116 valence electrons. The predicted octanol–water partition coefficient (Wildman–Crippen LogP) is 3.23. The molecule has 1 aliphatic heterocycles. The van der Waals surface area contributed by atoms with E-state index in [2.05, 4.69) is 66.4 Å². The highest BCUT2D eigenvalue weighted by atomic mass is 32.2. The molecule has 0 bridgehead atoms. The van der Waals surface area contributed by atoms with Crippen LogP contribution in [0, 0.1) is 5.92 Å². The van der Waals surface area contributed by atoms with Crippen LogP contribution in [0.1, 0.15) is 25.8 Å². The Kier molecular flexibility index (Phi) is 6.58. The van der Waals surface area contributed by atoms with Gasteiger partial charge in [0, 0.05) is 18.3 Å². The van der Waals surface area contributed by atoms with E-state index in [-0.39, 0.29) is 0 Å². The van der Waals surface area contributed by atoms with Crippen LogP contribution in [0.5, 0.6) is 0 Å². The molecule has 1 heterocycles. The van der Waals surface area contributed by atoms with Crippen LogP contribution in [0.15, 0.2) is 35.3 Å². The summed E-state index contributed by atoms with van der Waals surface area (Å²) in [6.45, 7) is 8.65. The monoisotopic (exact) mass is 305 g/mol. The van der Waals surface area contributed by atoms with E-state index in [1.807, 2.05) is 11.8 Å². The molecule has 0 aromatic heterocycles. The predicted molar refractivity (Wildman–Crippen MR) is 93.9 cm³/mol. The average Bonchev–Trinajstić information content (AvgIpc) is 2.94. The molecule has 1 N–H and O–H groups in total. The highest BCUT2D eigenvalue weighted by Crippen LogP contribution is 2.25. The highest BCUT2D eigenvalue weighted by Gasteiger charge is 2.21. The maximum absolute atomic E-state index is 4.58. The summed E-state index contributed by atoms with van der Waals surface area (Å²) in [7, 11) is 2.18. The van der Waals surface area contributed by atoms with E-state index in [0.717, 1.165) is 37.8 Å². The zero-order valence-corrected chi connectivity index (χ0v) is 14.2. The van der Waals surface area contributed by atoms with E-state index in [4.69, 9.17) is 0 Å². The van der Waals surface area contributed by atoms with Gasteiger partial charge in [-0.1, -0.05) is 55.9 Å². The SMILES string of the molecule is CC(C)C1CN=C(NCCCN(C)Cc2ccccc2)S1.